The molecule has 0 bridgehead atoms. The van der Waals surface area contributed by atoms with Crippen LogP contribution in [0.2, 0.25) is 5.02 Å². The maximum absolute atomic E-state index is 6.48. The number of likely N-dealkylation sites (N-methyl/N-ethyl adjacent to an activating group) is 1. The van der Waals surface area contributed by atoms with Crippen molar-refractivity contribution in [3.63, 3.8) is 0 Å². The molecule has 1 saturated heterocycles. The zero-order valence-electron chi connectivity index (χ0n) is 15.2. The van der Waals surface area contributed by atoms with Crippen LogP contribution >= 0.6 is 11.6 Å². The van der Waals surface area contributed by atoms with Gasteiger partial charge in [-0.15, -0.1) is 0 Å². The topological polar surface area (TPSA) is 22.4 Å². The summed E-state index contributed by atoms with van der Waals surface area (Å²) < 4.78 is 13.4. The third-order valence-electron chi connectivity index (χ3n) is 5.72. The monoisotopic (exact) mass is 370 g/mol. The van der Waals surface area contributed by atoms with Crippen LogP contribution in [0.15, 0.2) is 53.5 Å². The van der Waals surface area contributed by atoms with E-state index in [1.165, 1.54) is 12.8 Å². The van der Waals surface area contributed by atoms with Crippen molar-refractivity contribution in [2.45, 2.75) is 32.4 Å². The SMILES string of the molecule is C=CC[N+]1(CC)CCCCC1Oc1ccc2c(c1)oc1cc(Cl)ccc12. The molecule has 0 spiro atoms. The van der Waals surface area contributed by atoms with Gasteiger partial charge in [0.15, 0.2) is 0 Å². The number of nitrogens with zero attached hydrogens (tertiary/aromatic N) is 1. The van der Waals surface area contributed by atoms with Crippen molar-refractivity contribution in [1.82, 2.24) is 0 Å². The van der Waals surface area contributed by atoms with Gasteiger partial charge in [-0.3, -0.25) is 4.48 Å². The van der Waals surface area contributed by atoms with Gasteiger partial charge in [0.2, 0.25) is 6.23 Å². The van der Waals surface area contributed by atoms with Crippen LogP contribution in [0.4, 0.5) is 0 Å². The maximum Gasteiger partial charge on any atom is 0.233 e. The molecule has 2 atom stereocenters. The van der Waals surface area contributed by atoms with Gasteiger partial charge in [0, 0.05) is 34.3 Å². The van der Waals surface area contributed by atoms with E-state index in [1.807, 2.05) is 30.3 Å². The molecule has 4 heteroatoms. The Labute approximate surface area is 159 Å². The Morgan fingerprint density at radius 1 is 1.19 bits per heavy atom. The average molecular weight is 371 g/mol. The minimum absolute atomic E-state index is 0.169. The number of fused-ring (bicyclic) bond motifs is 3. The molecule has 3 aromatic rings. The second-order valence-corrected chi connectivity index (χ2v) is 7.63. The third kappa shape index (κ3) is 3.00. The summed E-state index contributed by atoms with van der Waals surface area (Å²) in [5.74, 6) is 0.870. The van der Waals surface area contributed by atoms with Crippen LogP contribution in [0.5, 0.6) is 5.75 Å². The number of benzene rings is 2. The van der Waals surface area contributed by atoms with Gasteiger partial charge in [0.25, 0.3) is 0 Å². The fraction of sp³-hybridized carbons (Fsp3) is 0.364. The van der Waals surface area contributed by atoms with Gasteiger partial charge in [-0.25, -0.2) is 0 Å². The van der Waals surface area contributed by atoms with E-state index in [-0.39, 0.29) is 6.23 Å². The Bertz CT molecular complexity index is 948. The molecule has 1 aliphatic rings. The standard InChI is InChI=1S/C22H25ClNO2/c1-3-12-24(4-2)13-6-5-7-22(24)25-17-9-11-19-18-10-8-16(23)14-20(18)26-21(19)15-17/h3,8-11,14-15,22H,1,4-7,12-13H2,2H3/q+1. The molecule has 2 heterocycles. The predicted octanol–water partition coefficient (Wildman–Crippen LogP) is 6.15. The quantitative estimate of drug-likeness (QED) is 0.397. The average Bonchev–Trinajstić information content (AvgIpc) is 3.00. The van der Waals surface area contributed by atoms with Crippen LogP contribution in [-0.2, 0) is 0 Å². The van der Waals surface area contributed by atoms with Crippen LogP contribution in [-0.4, -0.2) is 30.3 Å². The first kappa shape index (κ1) is 17.4. The molecular formula is C22H25ClNO2+. The number of hydrogen-bond donors (Lipinski definition) is 0. The van der Waals surface area contributed by atoms with Crippen LogP contribution in [0.1, 0.15) is 26.2 Å². The molecule has 0 aliphatic carbocycles. The Morgan fingerprint density at radius 2 is 1.96 bits per heavy atom. The van der Waals surface area contributed by atoms with Gasteiger partial charge in [0.1, 0.15) is 16.9 Å². The van der Waals surface area contributed by atoms with E-state index in [4.69, 9.17) is 20.8 Å². The second-order valence-electron chi connectivity index (χ2n) is 7.20. The highest BCUT2D eigenvalue weighted by Gasteiger charge is 2.38. The van der Waals surface area contributed by atoms with Crippen molar-refractivity contribution in [3.05, 3.63) is 54.1 Å². The van der Waals surface area contributed by atoms with Gasteiger partial charge in [0.05, 0.1) is 19.6 Å². The van der Waals surface area contributed by atoms with Crippen molar-refractivity contribution in [2.75, 3.05) is 19.6 Å². The number of ether oxygens (including phenoxy) is 1. The maximum atomic E-state index is 6.48. The largest absolute Gasteiger partial charge is 0.456 e. The number of rotatable bonds is 5. The van der Waals surface area contributed by atoms with Gasteiger partial charge < -0.3 is 9.15 Å². The minimum Gasteiger partial charge on any atom is -0.456 e. The van der Waals surface area contributed by atoms with E-state index in [9.17, 15) is 0 Å². The molecule has 3 nitrogen and oxygen atoms in total. The van der Waals surface area contributed by atoms with Crippen LogP contribution in [0, 0.1) is 0 Å². The minimum atomic E-state index is 0.169. The highest BCUT2D eigenvalue weighted by Crippen LogP contribution is 2.34. The predicted molar refractivity (Wildman–Crippen MR) is 108 cm³/mol. The molecule has 0 N–H and O–H groups in total. The van der Waals surface area contributed by atoms with Gasteiger partial charge in [-0.05, 0) is 50.1 Å². The number of quaternary nitrogens is 1. The summed E-state index contributed by atoms with van der Waals surface area (Å²) in [5.41, 5.74) is 1.65. The van der Waals surface area contributed by atoms with E-state index in [1.54, 1.807) is 0 Å². The zero-order chi connectivity index (χ0) is 18.1. The summed E-state index contributed by atoms with van der Waals surface area (Å²) in [7, 11) is 0. The smallest absolute Gasteiger partial charge is 0.233 e. The summed E-state index contributed by atoms with van der Waals surface area (Å²) in [4.78, 5) is 0. The summed E-state index contributed by atoms with van der Waals surface area (Å²) >= 11 is 6.09. The van der Waals surface area contributed by atoms with Crippen LogP contribution < -0.4 is 4.74 Å². The lowest BCUT2D eigenvalue weighted by Crippen LogP contribution is -2.60. The summed E-state index contributed by atoms with van der Waals surface area (Å²) in [6, 6.07) is 11.9. The first-order chi connectivity index (χ1) is 12.6. The fourth-order valence-corrected chi connectivity index (χ4v) is 4.41. The summed E-state index contributed by atoms with van der Waals surface area (Å²) in [5, 5.41) is 2.86. The molecule has 2 unspecified atom stereocenters. The zero-order valence-corrected chi connectivity index (χ0v) is 16.0. The first-order valence-corrected chi connectivity index (χ1v) is 9.78. The Hall–Kier alpha value is -1.97. The first-order valence-electron chi connectivity index (χ1n) is 9.40. The van der Waals surface area contributed by atoms with Gasteiger partial charge in [-0.1, -0.05) is 18.2 Å². The number of piperidine rings is 1. The van der Waals surface area contributed by atoms with Crippen molar-refractivity contribution >= 4 is 33.5 Å². The third-order valence-corrected chi connectivity index (χ3v) is 5.95. The van der Waals surface area contributed by atoms with Crippen molar-refractivity contribution in [3.8, 4) is 5.75 Å². The lowest BCUT2D eigenvalue weighted by molar-refractivity contribution is -0.966. The van der Waals surface area contributed by atoms with Crippen molar-refractivity contribution in [1.29, 1.82) is 0 Å². The summed E-state index contributed by atoms with van der Waals surface area (Å²) in [6.45, 7) is 9.37. The van der Waals surface area contributed by atoms with E-state index in [2.05, 4.69) is 25.6 Å². The van der Waals surface area contributed by atoms with Crippen LogP contribution in [0.25, 0.3) is 21.9 Å². The van der Waals surface area contributed by atoms with Crippen molar-refractivity contribution in [2.24, 2.45) is 0 Å². The molecule has 1 aliphatic heterocycles. The Kier molecular flexibility index (Phi) is 4.68. The second kappa shape index (κ2) is 6.98. The molecule has 136 valence electrons. The van der Waals surface area contributed by atoms with Gasteiger partial charge >= 0.3 is 0 Å². The van der Waals surface area contributed by atoms with Crippen molar-refractivity contribution < 1.29 is 13.6 Å². The van der Waals surface area contributed by atoms with E-state index in [0.29, 0.717) is 5.02 Å². The molecule has 26 heavy (non-hydrogen) atoms. The molecule has 2 aromatic carbocycles. The highest BCUT2D eigenvalue weighted by atomic mass is 35.5. The molecule has 4 rings (SSSR count). The molecule has 0 saturated carbocycles. The molecule has 1 fully saturated rings. The molecular weight excluding hydrogens is 346 g/mol. The number of hydrogen-bond acceptors (Lipinski definition) is 2. The van der Waals surface area contributed by atoms with Crippen LogP contribution in [0.3, 0.4) is 0 Å². The lowest BCUT2D eigenvalue weighted by Gasteiger charge is -2.45. The highest BCUT2D eigenvalue weighted by molar-refractivity contribution is 6.31. The number of furan rings is 1. The fourth-order valence-electron chi connectivity index (χ4n) is 4.25. The number of halogens is 1. The van der Waals surface area contributed by atoms with E-state index in [0.717, 1.165) is 58.2 Å². The Morgan fingerprint density at radius 3 is 2.73 bits per heavy atom. The normalized spacial score (nSPS) is 23.4. The van der Waals surface area contributed by atoms with E-state index >= 15 is 0 Å². The lowest BCUT2D eigenvalue weighted by atomic mass is 10.1. The molecule has 1 aromatic heterocycles. The van der Waals surface area contributed by atoms with E-state index < -0.39 is 0 Å². The molecule has 0 radical (unpaired) electrons. The number of likely N-dealkylation sites (tertiary alicyclic amines) is 1. The van der Waals surface area contributed by atoms with Gasteiger partial charge in [-0.2, -0.15) is 0 Å². The Balaban J connectivity index is 1.67. The molecule has 0 amide bonds. The summed E-state index contributed by atoms with van der Waals surface area (Å²) in [6.07, 6.45) is 5.74.